The Balaban J connectivity index is 1.64. The Bertz CT molecular complexity index is 1360. The van der Waals surface area contributed by atoms with Gasteiger partial charge in [0.25, 0.3) is 17.7 Å². The van der Waals surface area contributed by atoms with E-state index in [1.165, 1.54) is 31.4 Å². The summed E-state index contributed by atoms with van der Waals surface area (Å²) in [6.07, 6.45) is 0. The van der Waals surface area contributed by atoms with Crippen molar-refractivity contribution in [1.82, 2.24) is 0 Å². The highest BCUT2D eigenvalue weighted by atomic mass is 16.5. The molecule has 0 aliphatic carbocycles. The monoisotopic (exact) mass is 460 g/mol. The Hall–Kier alpha value is -4.99. The molecule has 0 saturated heterocycles. The molecule has 1 aliphatic rings. The molecule has 0 aromatic heterocycles. The summed E-state index contributed by atoms with van der Waals surface area (Å²) in [6.45, 7) is 0. The smallest absolute Gasteiger partial charge is 0.335 e. The van der Waals surface area contributed by atoms with Gasteiger partial charge >= 0.3 is 11.9 Å². The molecule has 0 atom stereocenters. The van der Waals surface area contributed by atoms with E-state index in [0.29, 0.717) is 11.4 Å². The SMILES string of the molecule is COc1cccc(N2C(=O)c3ccc(C(=O)Nc4cc(C(=O)O)cc(C(=O)O)c4)cc3C2=O)c1. The van der Waals surface area contributed by atoms with E-state index < -0.39 is 29.7 Å². The molecule has 3 aromatic rings. The Morgan fingerprint density at radius 2 is 1.44 bits per heavy atom. The molecule has 0 unspecified atom stereocenters. The molecule has 1 aliphatic heterocycles. The summed E-state index contributed by atoms with van der Waals surface area (Å²) in [6, 6.07) is 13.5. The summed E-state index contributed by atoms with van der Waals surface area (Å²) in [5, 5.41) is 20.8. The molecule has 10 heteroatoms. The van der Waals surface area contributed by atoms with E-state index in [1.807, 2.05) is 0 Å². The van der Waals surface area contributed by atoms with Crippen molar-refractivity contribution in [2.45, 2.75) is 0 Å². The summed E-state index contributed by atoms with van der Waals surface area (Å²) in [4.78, 5) is 62.1. The van der Waals surface area contributed by atoms with Gasteiger partial charge in [0.05, 0.1) is 35.1 Å². The molecule has 0 radical (unpaired) electrons. The summed E-state index contributed by atoms with van der Waals surface area (Å²) in [7, 11) is 1.46. The van der Waals surface area contributed by atoms with Gasteiger partial charge in [-0.2, -0.15) is 0 Å². The standard InChI is InChI=1S/C24H16N2O8/c1-34-17-4-2-3-16(11-17)26-21(28)18-6-5-12(10-19(18)22(26)29)20(27)25-15-8-13(23(30)31)7-14(9-15)24(32)33/h2-11H,1H3,(H,25,27)(H,30,31)(H,32,33). The molecule has 10 nitrogen and oxygen atoms in total. The number of ether oxygens (including phenoxy) is 1. The third kappa shape index (κ3) is 3.95. The van der Waals surface area contributed by atoms with Crippen molar-refractivity contribution >= 4 is 41.0 Å². The molecule has 170 valence electrons. The quantitative estimate of drug-likeness (QED) is 0.475. The van der Waals surface area contributed by atoms with Gasteiger partial charge in [-0.15, -0.1) is 0 Å². The lowest BCUT2D eigenvalue weighted by molar-refractivity contribution is 0.0695. The fourth-order valence-electron chi connectivity index (χ4n) is 3.52. The van der Waals surface area contributed by atoms with Crippen molar-refractivity contribution in [3.8, 4) is 5.75 Å². The van der Waals surface area contributed by atoms with Gasteiger partial charge in [-0.25, -0.2) is 14.5 Å². The van der Waals surface area contributed by atoms with Crippen LogP contribution in [0.25, 0.3) is 0 Å². The number of hydrogen-bond acceptors (Lipinski definition) is 6. The molecule has 1 heterocycles. The first kappa shape index (κ1) is 22.2. The largest absolute Gasteiger partial charge is 0.497 e. The van der Waals surface area contributed by atoms with Crippen LogP contribution in [0.4, 0.5) is 11.4 Å². The van der Waals surface area contributed by atoms with Crippen LogP contribution >= 0.6 is 0 Å². The number of rotatable bonds is 6. The number of anilines is 2. The number of carbonyl (C=O) groups excluding carboxylic acids is 3. The number of amides is 3. The van der Waals surface area contributed by atoms with Crippen molar-refractivity contribution < 1.29 is 38.9 Å². The van der Waals surface area contributed by atoms with Crippen molar-refractivity contribution in [3.63, 3.8) is 0 Å². The number of nitrogens with one attached hydrogen (secondary N) is 1. The third-order valence-corrected chi connectivity index (χ3v) is 5.15. The highest BCUT2D eigenvalue weighted by Gasteiger charge is 2.37. The van der Waals surface area contributed by atoms with Crippen LogP contribution < -0.4 is 15.0 Å². The van der Waals surface area contributed by atoms with Crippen LogP contribution in [0.2, 0.25) is 0 Å². The maximum atomic E-state index is 13.0. The lowest BCUT2D eigenvalue weighted by Crippen LogP contribution is -2.29. The van der Waals surface area contributed by atoms with E-state index in [-0.39, 0.29) is 33.5 Å². The zero-order valence-corrected chi connectivity index (χ0v) is 17.6. The van der Waals surface area contributed by atoms with Gasteiger partial charge in [0, 0.05) is 17.3 Å². The lowest BCUT2D eigenvalue weighted by atomic mass is 10.0. The van der Waals surface area contributed by atoms with E-state index in [9.17, 15) is 34.2 Å². The molecular weight excluding hydrogens is 444 g/mol. The average Bonchev–Trinajstić information content (AvgIpc) is 3.08. The minimum atomic E-state index is -1.36. The van der Waals surface area contributed by atoms with E-state index >= 15 is 0 Å². The first-order valence-electron chi connectivity index (χ1n) is 9.79. The second-order valence-electron chi connectivity index (χ2n) is 7.27. The van der Waals surface area contributed by atoms with Crippen LogP contribution in [-0.2, 0) is 0 Å². The van der Waals surface area contributed by atoms with Crippen LogP contribution in [0.3, 0.4) is 0 Å². The summed E-state index contributed by atoms with van der Waals surface area (Å²) in [5.41, 5.74) is -0.231. The van der Waals surface area contributed by atoms with Crippen molar-refractivity contribution in [1.29, 1.82) is 0 Å². The lowest BCUT2D eigenvalue weighted by Gasteiger charge is -2.14. The Labute approximate surface area is 192 Å². The average molecular weight is 460 g/mol. The topological polar surface area (TPSA) is 150 Å². The highest BCUT2D eigenvalue weighted by Crippen LogP contribution is 2.31. The molecule has 0 spiro atoms. The number of hydrogen-bond donors (Lipinski definition) is 3. The molecule has 3 N–H and O–H groups in total. The number of benzene rings is 3. The van der Waals surface area contributed by atoms with Gasteiger partial charge in [-0.3, -0.25) is 14.4 Å². The van der Waals surface area contributed by atoms with Gasteiger partial charge in [0.1, 0.15) is 5.75 Å². The molecule has 0 bridgehead atoms. The number of imide groups is 1. The second-order valence-corrected chi connectivity index (χ2v) is 7.27. The van der Waals surface area contributed by atoms with Crippen molar-refractivity contribution in [3.05, 3.63) is 88.5 Å². The molecule has 0 saturated carbocycles. The summed E-state index contributed by atoms with van der Waals surface area (Å²) >= 11 is 0. The Morgan fingerprint density at radius 1 is 0.794 bits per heavy atom. The first-order valence-corrected chi connectivity index (χ1v) is 9.79. The predicted octanol–water partition coefficient (Wildman–Crippen LogP) is 3.14. The number of fused-ring (bicyclic) bond motifs is 1. The zero-order valence-electron chi connectivity index (χ0n) is 17.6. The summed E-state index contributed by atoms with van der Waals surface area (Å²) < 4.78 is 5.14. The number of carbonyl (C=O) groups is 5. The Kier molecular flexibility index (Phi) is 5.56. The van der Waals surface area contributed by atoms with Crippen LogP contribution in [0.15, 0.2) is 60.7 Å². The van der Waals surface area contributed by atoms with Crippen LogP contribution in [0.5, 0.6) is 5.75 Å². The number of carboxylic acids is 2. The number of carboxylic acid groups (broad SMARTS) is 2. The maximum absolute atomic E-state index is 13.0. The van der Waals surface area contributed by atoms with E-state index in [0.717, 1.165) is 23.1 Å². The number of nitrogens with zero attached hydrogens (tertiary/aromatic N) is 1. The van der Waals surface area contributed by atoms with Crippen LogP contribution in [0, 0.1) is 0 Å². The Morgan fingerprint density at radius 3 is 2.06 bits per heavy atom. The van der Waals surface area contributed by atoms with Crippen LogP contribution in [-0.4, -0.2) is 47.0 Å². The number of methoxy groups -OCH3 is 1. The van der Waals surface area contributed by atoms with Gasteiger partial charge < -0.3 is 20.3 Å². The zero-order chi connectivity index (χ0) is 24.6. The highest BCUT2D eigenvalue weighted by molar-refractivity contribution is 6.34. The van der Waals surface area contributed by atoms with Gasteiger partial charge in [0.2, 0.25) is 0 Å². The van der Waals surface area contributed by atoms with Gasteiger partial charge in [0.15, 0.2) is 0 Å². The van der Waals surface area contributed by atoms with Crippen LogP contribution in [0.1, 0.15) is 51.8 Å². The second kappa shape index (κ2) is 8.51. The van der Waals surface area contributed by atoms with E-state index in [4.69, 9.17) is 4.74 Å². The molecular formula is C24H16N2O8. The predicted molar refractivity (Wildman–Crippen MR) is 119 cm³/mol. The maximum Gasteiger partial charge on any atom is 0.335 e. The molecule has 3 amide bonds. The fraction of sp³-hybridized carbons (Fsp3) is 0.0417. The number of aromatic carboxylic acids is 2. The normalized spacial score (nSPS) is 12.3. The molecule has 34 heavy (non-hydrogen) atoms. The minimum Gasteiger partial charge on any atom is -0.497 e. The molecule has 3 aromatic carbocycles. The van der Waals surface area contributed by atoms with E-state index in [1.54, 1.807) is 18.2 Å². The molecule has 4 rings (SSSR count). The summed E-state index contributed by atoms with van der Waals surface area (Å²) in [5.74, 6) is -4.17. The van der Waals surface area contributed by atoms with Gasteiger partial charge in [-0.1, -0.05) is 6.07 Å². The van der Waals surface area contributed by atoms with E-state index in [2.05, 4.69) is 5.32 Å². The van der Waals surface area contributed by atoms with Crippen molar-refractivity contribution in [2.24, 2.45) is 0 Å². The first-order chi connectivity index (χ1) is 16.2. The van der Waals surface area contributed by atoms with Gasteiger partial charge in [-0.05, 0) is 48.5 Å². The minimum absolute atomic E-state index is 0.0185. The third-order valence-electron chi connectivity index (χ3n) is 5.15. The van der Waals surface area contributed by atoms with Crippen molar-refractivity contribution in [2.75, 3.05) is 17.3 Å². The molecule has 0 fully saturated rings. The fourth-order valence-corrected chi connectivity index (χ4v) is 3.52.